The van der Waals surface area contributed by atoms with Gasteiger partial charge in [-0.25, -0.2) is 4.98 Å². The first-order valence-electron chi connectivity index (χ1n) is 6.41. The summed E-state index contributed by atoms with van der Waals surface area (Å²) in [6, 6.07) is 1.55. The molecule has 106 valence electrons. The molecule has 0 saturated carbocycles. The molecule has 3 heterocycles. The van der Waals surface area contributed by atoms with E-state index in [-0.39, 0.29) is 17.9 Å². The summed E-state index contributed by atoms with van der Waals surface area (Å²) in [5.74, 6) is 0.0360. The quantitative estimate of drug-likeness (QED) is 0.866. The predicted octanol–water partition coefficient (Wildman–Crippen LogP) is 0.968. The van der Waals surface area contributed by atoms with Gasteiger partial charge in [0.15, 0.2) is 0 Å². The second-order valence-corrected chi connectivity index (χ2v) is 5.58. The van der Waals surface area contributed by atoms with Crippen molar-refractivity contribution < 1.29 is 4.79 Å². The van der Waals surface area contributed by atoms with Gasteiger partial charge in [0.25, 0.3) is 5.91 Å². The highest BCUT2D eigenvalue weighted by molar-refractivity contribution is 6.30. The smallest absolute Gasteiger partial charge is 0.270 e. The average molecular weight is 294 g/mol. The molecule has 0 aliphatic carbocycles. The summed E-state index contributed by atoms with van der Waals surface area (Å²) in [4.78, 5) is 21.1. The molecule has 1 amide bonds. The van der Waals surface area contributed by atoms with Gasteiger partial charge in [-0.1, -0.05) is 11.6 Å². The number of H-pyrrole nitrogens is 1. The van der Waals surface area contributed by atoms with E-state index in [0.717, 1.165) is 5.69 Å². The maximum absolute atomic E-state index is 12.4. The summed E-state index contributed by atoms with van der Waals surface area (Å²) >= 11 is 5.83. The molecule has 0 bridgehead atoms. The lowest BCUT2D eigenvalue weighted by atomic mass is 10.0. The number of imidazole rings is 1. The molecule has 0 unspecified atom stereocenters. The summed E-state index contributed by atoms with van der Waals surface area (Å²) in [6.45, 7) is 1.13. The van der Waals surface area contributed by atoms with E-state index in [9.17, 15) is 4.79 Å². The van der Waals surface area contributed by atoms with Crippen LogP contribution in [0.15, 0.2) is 24.8 Å². The Morgan fingerprint density at radius 2 is 2.35 bits per heavy atom. The first kappa shape index (κ1) is 13.2. The van der Waals surface area contributed by atoms with Gasteiger partial charge in [-0.3, -0.25) is 4.79 Å². The van der Waals surface area contributed by atoms with Crippen molar-refractivity contribution in [2.24, 2.45) is 12.8 Å². The minimum atomic E-state index is -0.0835. The van der Waals surface area contributed by atoms with Crippen LogP contribution >= 0.6 is 11.6 Å². The van der Waals surface area contributed by atoms with Gasteiger partial charge in [0.2, 0.25) is 0 Å². The van der Waals surface area contributed by atoms with Gasteiger partial charge in [0.05, 0.1) is 11.3 Å². The van der Waals surface area contributed by atoms with Gasteiger partial charge in [0, 0.05) is 50.2 Å². The molecule has 2 aromatic heterocycles. The van der Waals surface area contributed by atoms with Crippen molar-refractivity contribution in [1.82, 2.24) is 19.4 Å². The van der Waals surface area contributed by atoms with Crippen LogP contribution in [0.1, 0.15) is 22.1 Å². The number of nitrogens with one attached hydrogen (secondary N) is 1. The van der Waals surface area contributed by atoms with E-state index in [1.165, 1.54) is 0 Å². The molecular formula is C13H16ClN5O. The number of likely N-dealkylation sites (tertiary alicyclic amines) is 1. The molecule has 0 spiro atoms. The highest BCUT2D eigenvalue weighted by Crippen LogP contribution is 2.27. The molecule has 2 aromatic rings. The van der Waals surface area contributed by atoms with Gasteiger partial charge in [-0.05, 0) is 6.07 Å². The first-order chi connectivity index (χ1) is 9.56. The monoisotopic (exact) mass is 293 g/mol. The molecule has 1 aliphatic heterocycles. The van der Waals surface area contributed by atoms with E-state index in [4.69, 9.17) is 17.3 Å². The molecule has 0 radical (unpaired) electrons. The van der Waals surface area contributed by atoms with E-state index >= 15 is 0 Å². The Kier molecular flexibility index (Phi) is 3.27. The van der Waals surface area contributed by atoms with Crippen LogP contribution in [0.3, 0.4) is 0 Å². The van der Waals surface area contributed by atoms with Crippen LogP contribution in [-0.4, -0.2) is 44.5 Å². The summed E-state index contributed by atoms with van der Waals surface area (Å²) in [7, 11) is 1.93. The molecule has 3 N–H and O–H groups in total. The Hall–Kier alpha value is -1.79. The lowest BCUT2D eigenvalue weighted by molar-refractivity contribution is 0.0784. The predicted molar refractivity (Wildman–Crippen MR) is 75.6 cm³/mol. The van der Waals surface area contributed by atoms with Crippen molar-refractivity contribution in [1.29, 1.82) is 0 Å². The number of carbonyl (C=O) groups excluding carboxylic acids is 1. The van der Waals surface area contributed by atoms with Gasteiger partial charge in [0.1, 0.15) is 5.69 Å². The van der Waals surface area contributed by atoms with Crippen molar-refractivity contribution in [2.75, 3.05) is 13.1 Å². The number of rotatable bonds is 2. The van der Waals surface area contributed by atoms with Gasteiger partial charge < -0.3 is 20.2 Å². The van der Waals surface area contributed by atoms with Crippen molar-refractivity contribution in [3.8, 4) is 0 Å². The normalized spacial score (nSPS) is 22.4. The number of carbonyl (C=O) groups is 1. The number of hydrogen-bond acceptors (Lipinski definition) is 3. The maximum Gasteiger partial charge on any atom is 0.270 e. The SMILES string of the molecule is Cn1cncc1[C@@H]1CN(C(=O)c2cc(Cl)c[nH]2)C[C@H]1N. The van der Waals surface area contributed by atoms with Crippen molar-refractivity contribution in [3.05, 3.63) is 41.2 Å². The fourth-order valence-electron chi connectivity index (χ4n) is 2.69. The third-order valence-corrected chi connectivity index (χ3v) is 3.98. The largest absolute Gasteiger partial charge is 0.356 e. The lowest BCUT2D eigenvalue weighted by Gasteiger charge is -2.15. The zero-order valence-electron chi connectivity index (χ0n) is 11.1. The number of halogens is 1. The number of amides is 1. The molecule has 0 aromatic carbocycles. The van der Waals surface area contributed by atoms with Crippen LogP contribution in [0, 0.1) is 0 Å². The minimum Gasteiger partial charge on any atom is -0.356 e. The van der Waals surface area contributed by atoms with E-state index in [1.54, 1.807) is 23.5 Å². The Bertz CT molecular complexity index is 634. The van der Waals surface area contributed by atoms with Crippen molar-refractivity contribution in [2.45, 2.75) is 12.0 Å². The van der Waals surface area contributed by atoms with Crippen LogP contribution in [0.25, 0.3) is 0 Å². The second kappa shape index (κ2) is 4.96. The van der Waals surface area contributed by atoms with E-state index in [2.05, 4.69) is 9.97 Å². The molecule has 20 heavy (non-hydrogen) atoms. The van der Waals surface area contributed by atoms with Crippen molar-refractivity contribution in [3.63, 3.8) is 0 Å². The molecule has 1 aliphatic rings. The number of hydrogen-bond donors (Lipinski definition) is 2. The van der Waals surface area contributed by atoms with Crippen LogP contribution in [-0.2, 0) is 7.05 Å². The molecule has 7 heteroatoms. The van der Waals surface area contributed by atoms with E-state index < -0.39 is 0 Å². The van der Waals surface area contributed by atoms with Crippen LogP contribution in [0.2, 0.25) is 5.02 Å². The topological polar surface area (TPSA) is 79.9 Å². The number of aryl methyl sites for hydroxylation is 1. The highest BCUT2D eigenvalue weighted by atomic mass is 35.5. The second-order valence-electron chi connectivity index (χ2n) is 5.14. The third kappa shape index (κ3) is 2.21. The number of nitrogens with zero attached hydrogens (tertiary/aromatic N) is 3. The molecule has 3 rings (SSSR count). The summed E-state index contributed by atoms with van der Waals surface area (Å²) in [5, 5.41) is 0.528. The fraction of sp³-hybridized carbons (Fsp3) is 0.385. The molecule has 1 fully saturated rings. The lowest BCUT2D eigenvalue weighted by Crippen LogP contribution is -2.32. The van der Waals surface area contributed by atoms with Crippen LogP contribution in [0.5, 0.6) is 0 Å². The number of aromatic amines is 1. The summed E-state index contributed by atoms with van der Waals surface area (Å²) in [5.41, 5.74) is 7.73. The minimum absolute atomic E-state index is 0.0722. The number of aromatic nitrogens is 3. The van der Waals surface area contributed by atoms with Gasteiger partial charge >= 0.3 is 0 Å². The standard InChI is InChI=1S/C13H16ClN5O/c1-18-7-16-4-12(18)9-5-19(6-10(9)15)13(20)11-2-8(14)3-17-11/h2-4,7,9-10,17H,5-6,15H2,1H3/t9-,10-/m1/s1. The summed E-state index contributed by atoms with van der Waals surface area (Å²) in [6.07, 6.45) is 5.16. The van der Waals surface area contributed by atoms with E-state index in [0.29, 0.717) is 23.8 Å². The van der Waals surface area contributed by atoms with Crippen LogP contribution < -0.4 is 5.73 Å². The number of nitrogens with two attached hydrogens (primary N) is 1. The average Bonchev–Trinajstić information content (AvgIpc) is 3.09. The van der Waals surface area contributed by atoms with Gasteiger partial charge in [-0.15, -0.1) is 0 Å². The van der Waals surface area contributed by atoms with Crippen LogP contribution in [0.4, 0.5) is 0 Å². The van der Waals surface area contributed by atoms with Crippen molar-refractivity contribution >= 4 is 17.5 Å². The Labute approximate surface area is 121 Å². The summed E-state index contributed by atoms with van der Waals surface area (Å²) < 4.78 is 1.95. The zero-order valence-corrected chi connectivity index (χ0v) is 11.8. The zero-order chi connectivity index (χ0) is 14.3. The Morgan fingerprint density at radius 3 is 2.95 bits per heavy atom. The first-order valence-corrected chi connectivity index (χ1v) is 6.79. The Balaban J connectivity index is 1.78. The molecule has 6 nitrogen and oxygen atoms in total. The molecule has 1 saturated heterocycles. The van der Waals surface area contributed by atoms with E-state index in [1.807, 2.05) is 17.8 Å². The van der Waals surface area contributed by atoms with Gasteiger partial charge in [-0.2, -0.15) is 0 Å². The Morgan fingerprint density at radius 1 is 1.55 bits per heavy atom. The third-order valence-electron chi connectivity index (χ3n) is 3.76. The maximum atomic E-state index is 12.4. The molecule has 2 atom stereocenters. The molecular weight excluding hydrogens is 278 g/mol. The highest BCUT2D eigenvalue weighted by Gasteiger charge is 2.35. The fourth-order valence-corrected chi connectivity index (χ4v) is 2.86.